The molecule has 3 aromatic rings. The Kier molecular flexibility index (Phi) is 6.50. The molecule has 0 spiro atoms. The number of hydrogen-bond acceptors (Lipinski definition) is 6. The fraction of sp³-hybridized carbons (Fsp3) is 0.400. The van der Waals surface area contributed by atoms with E-state index in [1.165, 1.54) is 0 Å². The van der Waals surface area contributed by atoms with Crippen molar-refractivity contribution in [1.82, 2.24) is 19.5 Å². The minimum atomic E-state index is -0.529. The molecule has 0 aromatic carbocycles. The topological polar surface area (TPSA) is 113 Å². The van der Waals surface area contributed by atoms with Crippen LogP contribution in [0.4, 0.5) is 10.5 Å². The lowest BCUT2D eigenvalue weighted by Crippen LogP contribution is -2.42. The summed E-state index contributed by atoms with van der Waals surface area (Å²) >= 11 is 0. The number of nitrogens with zero attached hydrogens (tertiary/aromatic N) is 5. The number of anilines is 1. The van der Waals surface area contributed by atoms with Gasteiger partial charge in [-0.2, -0.15) is 10.4 Å². The van der Waals surface area contributed by atoms with Crippen molar-refractivity contribution in [3.8, 4) is 17.3 Å². The number of aromatic nitrogens is 3. The van der Waals surface area contributed by atoms with Crippen LogP contribution in [0.3, 0.4) is 0 Å². The van der Waals surface area contributed by atoms with Gasteiger partial charge in [0.2, 0.25) is 5.91 Å². The Balaban J connectivity index is 1.57. The van der Waals surface area contributed by atoms with Gasteiger partial charge >= 0.3 is 6.09 Å². The van der Waals surface area contributed by atoms with Crippen molar-refractivity contribution in [2.75, 3.05) is 18.4 Å². The molecule has 1 N–H and O–H groups in total. The highest BCUT2D eigenvalue weighted by molar-refractivity contribution is 5.93. The predicted octanol–water partition coefficient (Wildman–Crippen LogP) is 4.36. The molecule has 2 amide bonds. The van der Waals surface area contributed by atoms with Gasteiger partial charge in [-0.15, -0.1) is 0 Å². The first kappa shape index (κ1) is 23.2. The maximum absolute atomic E-state index is 12.6. The Hall–Kier alpha value is -3.93. The second-order valence-corrected chi connectivity index (χ2v) is 9.40. The smallest absolute Gasteiger partial charge is 0.410 e. The molecule has 4 heterocycles. The fourth-order valence-electron chi connectivity index (χ4n) is 4.07. The molecular formula is C25H28N6O3. The van der Waals surface area contributed by atoms with Crippen LogP contribution < -0.4 is 5.32 Å². The van der Waals surface area contributed by atoms with Crippen LogP contribution in [0.1, 0.15) is 51.6 Å². The van der Waals surface area contributed by atoms with Crippen LogP contribution in [0.15, 0.2) is 42.7 Å². The number of hydrogen-bond donors (Lipinski definition) is 1. The van der Waals surface area contributed by atoms with Crippen LogP contribution in [-0.4, -0.2) is 50.2 Å². The Labute approximate surface area is 198 Å². The number of piperidine rings is 1. The minimum Gasteiger partial charge on any atom is -0.444 e. The Morgan fingerprint density at radius 2 is 2.12 bits per heavy atom. The molecule has 0 radical (unpaired) electrons. The maximum Gasteiger partial charge on any atom is 0.410 e. The highest BCUT2D eigenvalue weighted by Crippen LogP contribution is 2.30. The van der Waals surface area contributed by atoms with E-state index in [0.717, 1.165) is 35.3 Å². The summed E-state index contributed by atoms with van der Waals surface area (Å²) in [6.07, 6.45) is 4.84. The molecule has 1 aliphatic heterocycles. The lowest BCUT2D eigenvalue weighted by atomic mass is 9.94. The largest absolute Gasteiger partial charge is 0.444 e. The number of carbonyl (C=O) groups excluding carboxylic acids is 2. The first-order valence-electron chi connectivity index (χ1n) is 11.3. The summed E-state index contributed by atoms with van der Waals surface area (Å²) in [7, 11) is 0. The van der Waals surface area contributed by atoms with E-state index in [-0.39, 0.29) is 24.3 Å². The number of likely N-dealkylation sites (tertiary alicyclic amines) is 1. The molecule has 1 unspecified atom stereocenters. The van der Waals surface area contributed by atoms with E-state index in [1.807, 2.05) is 51.1 Å². The number of nitrogens with one attached hydrogen (secondary N) is 1. The van der Waals surface area contributed by atoms with Crippen molar-refractivity contribution in [1.29, 1.82) is 5.26 Å². The van der Waals surface area contributed by atoms with Crippen molar-refractivity contribution < 1.29 is 14.3 Å². The average molecular weight is 461 g/mol. The highest BCUT2D eigenvalue weighted by atomic mass is 16.6. The summed E-state index contributed by atoms with van der Waals surface area (Å²) in [6.45, 7) is 6.85. The zero-order valence-corrected chi connectivity index (χ0v) is 19.6. The van der Waals surface area contributed by atoms with Crippen molar-refractivity contribution in [2.45, 2.75) is 51.6 Å². The number of pyridine rings is 2. The third-order valence-corrected chi connectivity index (χ3v) is 5.58. The van der Waals surface area contributed by atoms with Gasteiger partial charge in [0.15, 0.2) is 0 Å². The second kappa shape index (κ2) is 9.51. The molecule has 0 aliphatic carbocycles. The molecule has 0 bridgehead atoms. The van der Waals surface area contributed by atoms with Gasteiger partial charge in [-0.25, -0.2) is 9.31 Å². The van der Waals surface area contributed by atoms with E-state index in [9.17, 15) is 9.59 Å². The number of ether oxygens (including phenoxy) is 1. The average Bonchev–Trinajstić information content (AvgIpc) is 3.21. The quantitative estimate of drug-likeness (QED) is 0.619. The normalized spacial score (nSPS) is 16.2. The molecular weight excluding hydrogens is 432 g/mol. The number of fused-ring (bicyclic) bond motifs is 1. The van der Waals surface area contributed by atoms with Crippen LogP contribution in [0, 0.1) is 11.3 Å². The van der Waals surface area contributed by atoms with Crippen molar-refractivity contribution in [3.63, 3.8) is 0 Å². The molecule has 1 fully saturated rings. The molecule has 1 atom stereocenters. The fourth-order valence-corrected chi connectivity index (χ4v) is 4.07. The van der Waals surface area contributed by atoms with Gasteiger partial charge in [0.25, 0.3) is 0 Å². The number of rotatable bonds is 4. The molecule has 3 aromatic heterocycles. The van der Waals surface area contributed by atoms with Crippen LogP contribution in [0.25, 0.3) is 16.8 Å². The number of carbonyl (C=O) groups is 2. The zero-order chi connectivity index (χ0) is 24.3. The third kappa shape index (κ3) is 5.34. The molecule has 0 saturated carbocycles. The van der Waals surface area contributed by atoms with Gasteiger partial charge in [-0.05, 0) is 57.9 Å². The summed E-state index contributed by atoms with van der Waals surface area (Å²) < 4.78 is 7.27. The lowest BCUT2D eigenvalue weighted by Gasteiger charge is -2.34. The summed E-state index contributed by atoms with van der Waals surface area (Å²) in [5, 5.41) is 15.8. The first-order chi connectivity index (χ1) is 16.2. The van der Waals surface area contributed by atoms with Crippen molar-refractivity contribution in [3.05, 3.63) is 48.4 Å². The summed E-state index contributed by atoms with van der Waals surface area (Å²) in [4.78, 5) is 31.0. The number of nitriles is 1. The van der Waals surface area contributed by atoms with Gasteiger partial charge in [0, 0.05) is 42.1 Å². The van der Waals surface area contributed by atoms with Crippen molar-refractivity contribution in [2.24, 2.45) is 0 Å². The second-order valence-electron chi connectivity index (χ2n) is 9.40. The highest BCUT2D eigenvalue weighted by Gasteiger charge is 2.29. The summed E-state index contributed by atoms with van der Waals surface area (Å²) in [5.41, 5.74) is 3.37. The molecule has 1 saturated heterocycles. The number of amides is 2. The van der Waals surface area contributed by atoms with E-state index in [0.29, 0.717) is 18.8 Å². The van der Waals surface area contributed by atoms with Gasteiger partial charge < -0.3 is 15.0 Å². The Bertz CT molecular complexity index is 1250. The van der Waals surface area contributed by atoms with Gasteiger partial charge in [0.05, 0.1) is 23.5 Å². The van der Waals surface area contributed by atoms with E-state index in [2.05, 4.69) is 10.4 Å². The Morgan fingerprint density at radius 3 is 2.88 bits per heavy atom. The van der Waals surface area contributed by atoms with Gasteiger partial charge in [0.1, 0.15) is 12.0 Å². The monoisotopic (exact) mass is 460 g/mol. The Morgan fingerprint density at radius 1 is 1.29 bits per heavy atom. The molecule has 34 heavy (non-hydrogen) atoms. The van der Waals surface area contributed by atoms with Crippen LogP contribution in [0.2, 0.25) is 0 Å². The standard InChI is InChI=1S/C25H28N6O3/c1-25(2,3)34-24(33)30-12-5-6-17(16-30)20-7-4-8-21(29-20)19-15-27-31-13-10-18(14-22(19)31)28-23(32)9-11-26/h4,7-8,10,13-15,17H,5-6,9,12,16H2,1-3H3,(H,28,32). The third-order valence-electron chi connectivity index (χ3n) is 5.58. The molecule has 176 valence electrons. The maximum atomic E-state index is 12.6. The molecule has 9 heteroatoms. The van der Waals surface area contributed by atoms with Crippen LogP contribution in [0.5, 0.6) is 0 Å². The van der Waals surface area contributed by atoms with E-state index >= 15 is 0 Å². The predicted molar refractivity (Wildman–Crippen MR) is 127 cm³/mol. The first-order valence-corrected chi connectivity index (χ1v) is 11.3. The molecule has 1 aliphatic rings. The SMILES string of the molecule is CC(C)(C)OC(=O)N1CCCC(c2cccc(-c3cnn4ccc(NC(=O)CC#N)cc34)n2)C1. The van der Waals surface area contributed by atoms with Crippen LogP contribution in [-0.2, 0) is 9.53 Å². The zero-order valence-electron chi connectivity index (χ0n) is 19.6. The lowest BCUT2D eigenvalue weighted by molar-refractivity contribution is -0.115. The molecule has 4 rings (SSSR count). The van der Waals surface area contributed by atoms with Crippen molar-refractivity contribution >= 4 is 23.2 Å². The summed E-state index contributed by atoms with van der Waals surface area (Å²) in [6, 6.07) is 11.3. The summed E-state index contributed by atoms with van der Waals surface area (Å²) in [5.74, 6) is -0.247. The minimum absolute atomic E-state index is 0.115. The van der Waals surface area contributed by atoms with E-state index in [1.54, 1.807) is 27.9 Å². The van der Waals surface area contributed by atoms with Gasteiger partial charge in [-0.3, -0.25) is 9.78 Å². The van der Waals surface area contributed by atoms with E-state index in [4.69, 9.17) is 15.0 Å². The van der Waals surface area contributed by atoms with Crippen LogP contribution >= 0.6 is 0 Å². The van der Waals surface area contributed by atoms with E-state index < -0.39 is 5.60 Å². The molecule has 9 nitrogen and oxygen atoms in total. The van der Waals surface area contributed by atoms with Gasteiger partial charge in [-0.1, -0.05) is 6.07 Å².